The molecule has 2 atom stereocenters. The summed E-state index contributed by atoms with van der Waals surface area (Å²) in [6.45, 7) is 2.05. The molecule has 1 saturated heterocycles. The minimum Gasteiger partial charge on any atom is -0.392 e. The summed E-state index contributed by atoms with van der Waals surface area (Å²) in [5.74, 6) is 0.937. The van der Waals surface area contributed by atoms with E-state index in [4.69, 9.17) is 18.0 Å². The van der Waals surface area contributed by atoms with Gasteiger partial charge in [-0.3, -0.25) is 4.90 Å². The third kappa shape index (κ3) is 2.26. The largest absolute Gasteiger partial charge is 0.392 e. The number of piperidine rings is 1. The summed E-state index contributed by atoms with van der Waals surface area (Å²) in [6.07, 6.45) is 8.39. The molecule has 80 valence electrons. The van der Waals surface area contributed by atoms with Crippen molar-refractivity contribution >= 4 is 17.2 Å². The zero-order valence-electron chi connectivity index (χ0n) is 8.74. The molecule has 2 nitrogen and oxygen atoms in total. The molecule has 0 bridgehead atoms. The van der Waals surface area contributed by atoms with Crippen molar-refractivity contribution in [1.29, 1.82) is 0 Å². The fourth-order valence-electron chi connectivity index (χ4n) is 3.12. The zero-order valence-corrected chi connectivity index (χ0v) is 9.56. The van der Waals surface area contributed by atoms with Gasteiger partial charge in [0.15, 0.2) is 0 Å². The maximum atomic E-state index is 5.63. The van der Waals surface area contributed by atoms with Gasteiger partial charge in [-0.2, -0.15) is 0 Å². The maximum Gasteiger partial charge on any atom is 0.0870 e. The van der Waals surface area contributed by atoms with Crippen molar-refractivity contribution < 1.29 is 0 Å². The smallest absolute Gasteiger partial charge is 0.0870 e. The van der Waals surface area contributed by atoms with Gasteiger partial charge in [0.05, 0.1) is 4.99 Å². The Bertz CT molecular complexity index is 215. The highest BCUT2D eigenvalue weighted by Crippen LogP contribution is 2.34. The van der Waals surface area contributed by atoms with E-state index >= 15 is 0 Å². The zero-order chi connectivity index (χ0) is 9.97. The molecule has 2 rings (SSSR count). The van der Waals surface area contributed by atoms with Crippen molar-refractivity contribution in [3.05, 3.63) is 0 Å². The first-order chi connectivity index (χ1) is 6.77. The van der Waals surface area contributed by atoms with Crippen LogP contribution in [0.5, 0.6) is 0 Å². The van der Waals surface area contributed by atoms with Gasteiger partial charge < -0.3 is 5.73 Å². The highest BCUT2D eigenvalue weighted by Gasteiger charge is 2.32. The molecule has 2 unspecified atom stereocenters. The van der Waals surface area contributed by atoms with Crippen LogP contribution < -0.4 is 5.73 Å². The summed E-state index contributed by atoms with van der Waals surface area (Å²) in [5, 5.41) is 0. The Morgan fingerprint density at radius 3 is 2.71 bits per heavy atom. The first-order valence-electron chi connectivity index (χ1n) is 5.80. The van der Waals surface area contributed by atoms with Crippen LogP contribution in [0.4, 0.5) is 0 Å². The van der Waals surface area contributed by atoms with Crippen LogP contribution in [0.2, 0.25) is 0 Å². The molecular weight excluding hydrogens is 192 g/mol. The fourth-order valence-corrected chi connectivity index (χ4v) is 3.29. The Balaban J connectivity index is 1.97. The van der Waals surface area contributed by atoms with Crippen molar-refractivity contribution in [2.75, 3.05) is 13.1 Å². The molecule has 1 aliphatic heterocycles. The van der Waals surface area contributed by atoms with E-state index in [1.807, 2.05) is 0 Å². The second kappa shape index (κ2) is 4.58. The van der Waals surface area contributed by atoms with Gasteiger partial charge in [0, 0.05) is 12.6 Å². The van der Waals surface area contributed by atoms with Crippen LogP contribution >= 0.6 is 12.2 Å². The highest BCUT2D eigenvalue weighted by molar-refractivity contribution is 7.80. The van der Waals surface area contributed by atoms with Crippen molar-refractivity contribution in [1.82, 2.24) is 4.90 Å². The molecule has 2 aliphatic rings. The Morgan fingerprint density at radius 1 is 1.21 bits per heavy atom. The number of hydrogen-bond donors (Lipinski definition) is 1. The lowest BCUT2D eigenvalue weighted by Gasteiger charge is -2.44. The van der Waals surface area contributed by atoms with Crippen LogP contribution in [0, 0.1) is 5.92 Å². The minimum absolute atomic E-state index is 0.663. The average molecular weight is 212 g/mol. The molecule has 0 spiro atoms. The highest BCUT2D eigenvalue weighted by atomic mass is 32.1. The first-order valence-corrected chi connectivity index (χ1v) is 6.20. The van der Waals surface area contributed by atoms with Gasteiger partial charge in [0.2, 0.25) is 0 Å². The number of nitrogens with zero attached hydrogens (tertiary/aromatic N) is 1. The van der Waals surface area contributed by atoms with E-state index in [2.05, 4.69) is 4.90 Å². The van der Waals surface area contributed by atoms with Gasteiger partial charge >= 0.3 is 0 Å². The van der Waals surface area contributed by atoms with E-state index in [-0.39, 0.29) is 0 Å². The maximum absolute atomic E-state index is 5.63. The minimum atomic E-state index is 0.663. The topological polar surface area (TPSA) is 29.3 Å². The molecule has 1 aliphatic carbocycles. The van der Waals surface area contributed by atoms with Crippen LogP contribution in [0.1, 0.15) is 38.5 Å². The van der Waals surface area contributed by atoms with Crippen LogP contribution in [0.15, 0.2) is 0 Å². The van der Waals surface area contributed by atoms with E-state index in [0.29, 0.717) is 4.99 Å². The van der Waals surface area contributed by atoms with Gasteiger partial charge in [-0.15, -0.1) is 0 Å². The number of nitrogens with two attached hydrogens (primary N) is 1. The Hall–Kier alpha value is -0.150. The molecule has 14 heavy (non-hydrogen) atoms. The van der Waals surface area contributed by atoms with E-state index < -0.39 is 0 Å². The summed E-state index contributed by atoms with van der Waals surface area (Å²) in [7, 11) is 0. The Kier molecular flexibility index (Phi) is 3.39. The molecule has 2 fully saturated rings. The number of hydrogen-bond acceptors (Lipinski definition) is 2. The van der Waals surface area contributed by atoms with Crippen LogP contribution in [0.3, 0.4) is 0 Å². The number of fused-ring (bicyclic) bond motifs is 1. The standard InChI is InChI=1S/C11H20N2S/c12-11(14)8-13-7-3-5-9-4-1-2-6-10(9)13/h9-10H,1-8H2,(H2,12,14). The van der Waals surface area contributed by atoms with Crippen LogP contribution in [-0.2, 0) is 0 Å². The lowest BCUT2D eigenvalue weighted by Crippen LogP contribution is -2.49. The van der Waals surface area contributed by atoms with E-state index in [1.165, 1.54) is 45.1 Å². The summed E-state index contributed by atoms with van der Waals surface area (Å²) in [5.41, 5.74) is 5.63. The molecule has 2 N–H and O–H groups in total. The summed E-state index contributed by atoms with van der Waals surface area (Å²) < 4.78 is 0. The SMILES string of the molecule is NC(=S)CN1CCCC2CCCCC21. The van der Waals surface area contributed by atoms with Crippen molar-refractivity contribution in [3.8, 4) is 0 Å². The molecule has 0 amide bonds. The summed E-state index contributed by atoms with van der Waals surface area (Å²) in [6, 6.07) is 0.791. The third-order valence-corrected chi connectivity index (χ3v) is 3.85. The molecule has 0 aromatic carbocycles. The molecule has 1 heterocycles. The Morgan fingerprint density at radius 2 is 1.93 bits per heavy atom. The quantitative estimate of drug-likeness (QED) is 0.709. The van der Waals surface area contributed by atoms with Crippen molar-refractivity contribution in [3.63, 3.8) is 0 Å². The van der Waals surface area contributed by atoms with Gasteiger partial charge in [-0.1, -0.05) is 25.1 Å². The second-order valence-electron chi connectivity index (χ2n) is 4.69. The van der Waals surface area contributed by atoms with E-state index in [9.17, 15) is 0 Å². The molecule has 0 aromatic rings. The van der Waals surface area contributed by atoms with Crippen molar-refractivity contribution in [2.24, 2.45) is 11.7 Å². The lowest BCUT2D eigenvalue weighted by molar-refractivity contribution is 0.0748. The second-order valence-corrected chi connectivity index (χ2v) is 5.22. The predicted molar refractivity (Wildman–Crippen MR) is 63.3 cm³/mol. The van der Waals surface area contributed by atoms with Crippen molar-refractivity contribution in [2.45, 2.75) is 44.6 Å². The molecule has 1 saturated carbocycles. The van der Waals surface area contributed by atoms with Crippen LogP contribution in [-0.4, -0.2) is 29.0 Å². The fraction of sp³-hybridized carbons (Fsp3) is 0.909. The normalized spacial score (nSPS) is 33.7. The van der Waals surface area contributed by atoms with E-state index in [0.717, 1.165) is 18.5 Å². The monoisotopic (exact) mass is 212 g/mol. The molecule has 3 heteroatoms. The van der Waals surface area contributed by atoms with Gasteiger partial charge in [-0.05, 0) is 38.1 Å². The molecular formula is C11H20N2S. The molecule has 0 aromatic heterocycles. The predicted octanol–water partition coefficient (Wildman–Crippen LogP) is 1.93. The summed E-state index contributed by atoms with van der Waals surface area (Å²) in [4.78, 5) is 3.19. The Labute approximate surface area is 91.8 Å². The first kappa shape index (κ1) is 10.4. The number of thiocarbonyl (C=S) groups is 1. The number of rotatable bonds is 2. The summed E-state index contributed by atoms with van der Waals surface area (Å²) >= 11 is 5.01. The molecule has 0 radical (unpaired) electrons. The van der Waals surface area contributed by atoms with Gasteiger partial charge in [0.1, 0.15) is 0 Å². The average Bonchev–Trinajstić information content (AvgIpc) is 2.18. The van der Waals surface area contributed by atoms with Crippen LogP contribution in [0.25, 0.3) is 0 Å². The van der Waals surface area contributed by atoms with E-state index in [1.54, 1.807) is 0 Å². The van der Waals surface area contributed by atoms with Gasteiger partial charge in [0.25, 0.3) is 0 Å². The van der Waals surface area contributed by atoms with Gasteiger partial charge in [-0.25, -0.2) is 0 Å². The lowest BCUT2D eigenvalue weighted by atomic mass is 9.78. The third-order valence-electron chi connectivity index (χ3n) is 3.72. The number of likely N-dealkylation sites (tertiary alicyclic amines) is 1.